The van der Waals surface area contributed by atoms with Crippen molar-refractivity contribution < 1.29 is 22.4 Å². The van der Waals surface area contributed by atoms with Crippen LogP contribution in [-0.4, -0.2) is 39.6 Å². The molecule has 0 aliphatic heterocycles. The Balaban J connectivity index is 2.14. The van der Waals surface area contributed by atoms with Crippen LogP contribution in [0.5, 0.6) is 0 Å². The second kappa shape index (κ2) is 7.60. The molecule has 25 heavy (non-hydrogen) atoms. The van der Waals surface area contributed by atoms with Gasteiger partial charge in [-0.2, -0.15) is 13.2 Å². The van der Waals surface area contributed by atoms with Gasteiger partial charge in [-0.05, 0) is 19.1 Å². The molecule has 0 saturated heterocycles. The maximum Gasteiger partial charge on any atom is 0.405 e. The quantitative estimate of drug-likeness (QED) is 0.618. The molecule has 11 heteroatoms. The summed E-state index contributed by atoms with van der Waals surface area (Å²) in [7, 11) is 0. The number of nitrogens with one attached hydrogen (secondary N) is 2. The highest BCUT2D eigenvalue weighted by molar-refractivity contribution is 6.29. The number of halogens is 5. The van der Waals surface area contributed by atoms with Gasteiger partial charge in [-0.3, -0.25) is 4.79 Å². The molecule has 0 radical (unpaired) electrons. The van der Waals surface area contributed by atoms with Gasteiger partial charge >= 0.3 is 6.18 Å². The number of pyridine rings is 1. The lowest BCUT2D eigenvalue weighted by atomic mass is 10.2. The van der Waals surface area contributed by atoms with Crippen LogP contribution >= 0.6 is 11.6 Å². The number of hydrogen-bond donors (Lipinski definition) is 2. The fourth-order valence-corrected chi connectivity index (χ4v) is 1.93. The second-order valence-corrected chi connectivity index (χ2v) is 5.34. The van der Waals surface area contributed by atoms with Crippen LogP contribution in [0, 0.1) is 5.82 Å². The third-order valence-electron chi connectivity index (χ3n) is 2.94. The van der Waals surface area contributed by atoms with E-state index in [0.717, 1.165) is 6.20 Å². The molecule has 0 aliphatic carbocycles. The summed E-state index contributed by atoms with van der Waals surface area (Å²) in [6, 6.07) is 1.85. The SMILES string of the molecule is C[C@H](Nc1nc(-c2ccnc(Cl)c2)ncc1F)C(=O)NCC(F)(F)F. The highest BCUT2D eigenvalue weighted by Gasteiger charge is 2.29. The smallest absolute Gasteiger partial charge is 0.356 e. The number of carbonyl (C=O) groups is 1. The number of hydrogen-bond acceptors (Lipinski definition) is 5. The van der Waals surface area contributed by atoms with Crippen molar-refractivity contribution >= 4 is 23.3 Å². The van der Waals surface area contributed by atoms with Crippen molar-refractivity contribution in [2.45, 2.75) is 19.1 Å². The van der Waals surface area contributed by atoms with Crippen molar-refractivity contribution in [2.75, 3.05) is 11.9 Å². The van der Waals surface area contributed by atoms with E-state index in [1.54, 1.807) is 11.4 Å². The van der Waals surface area contributed by atoms with Gasteiger partial charge < -0.3 is 10.6 Å². The summed E-state index contributed by atoms with van der Waals surface area (Å²) in [5.74, 6) is -2.04. The molecule has 1 atom stereocenters. The Bertz CT molecular complexity index is 771. The lowest BCUT2D eigenvalue weighted by Gasteiger charge is -2.16. The van der Waals surface area contributed by atoms with E-state index in [1.807, 2.05) is 0 Å². The van der Waals surface area contributed by atoms with E-state index in [4.69, 9.17) is 11.6 Å². The maximum absolute atomic E-state index is 13.8. The predicted octanol–water partition coefficient (Wildman–Crippen LogP) is 2.81. The van der Waals surface area contributed by atoms with Gasteiger partial charge in [-0.1, -0.05) is 11.6 Å². The number of nitrogens with zero attached hydrogens (tertiary/aromatic N) is 3. The minimum absolute atomic E-state index is 0.107. The molecule has 2 aromatic rings. The molecule has 134 valence electrons. The minimum atomic E-state index is -4.54. The van der Waals surface area contributed by atoms with Crippen LogP contribution in [0.25, 0.3) is 11.4 Å². The molecule has 0 spiro atoms. The maximum atomic E-state index is 13.8. The average Bonchev–Trinajstić information content (AvgIpc) is 2.53. The van der Waals surface area contributed by atoms with E-state index in [2.05, 4.69) is 20.3 Å². The zero-order valence-corrected chi connectivity index (χ0v) is 13.5. The number of rotatable bonds is 5. The summed E-state index contributed by atoms with van der Waals surface area (Å²) in [5, 5.41) is 4.30. The summed E-state index contributed by atoms with van der Waals surface area (Å²) in [4.78, 5) is 23.2. The van der Waals surface area contributed by atoms with Crippen LogP contribution in [0.15, 0.2) is 24.5 Å². The van der Waals surface area contributed by atoms with Gasteiger partial charge in [-0.15, -0.1) is 0 Å². The standard InChI is InChI=1S/C14H12ClF4N5O/c1-7(13(25)22-6-14(17,18)19)23-12-9(16)5-21-11(24-12)8-2-3-20-10(15)4-8/h2-5,7H,6H2,1H3,(H,22,25)(H,21,23,24)/t7-/m0/s1. The molecule has 2 heterocycles. The van der Waals surface area contributed by atoms with Gasteiger partial charge in [0.1, 0.15) is 17.7 Å². The van der Waals surface area contributed by atoms with Crippen LogP contribution in [0.4, 0.5) is 23.4 Å². The van der Waals surface area contributed by atoms with Gasteiger partial charge in [0.15, 0.2) is 17.5 Å². The first-order valence-electron chi connectivity index (χ1n) is 6.91. The molecule has 2 rings (SSSR count). The van der Waals surface area contributed by atoms with Gasteiger partial charge in [0.05, 0.1) is 6.20 Å². The van der Waals surface area contributed by atoms with Crippen molar-refractivity contribution in [2.24, 2.45) is 0 Å². The van der Waals surface area contributed by atoms with Crippen molar-refractivity contribution in [3.8, 4) is 11.4 Å². The normalized spacial score (nSPS) is 12.6. The fourth-order valence-electron chi connectivity index (χ4n) is 1.76. The zero-order valence-electron chi connectivity index (χ0n) is 12.7. The van der Waals surface area contributed by atoms with Crippen LogP contribution in [0.1, 0.15) is 6.92 Å². The summed E-state index contributed by atoms with van der Waals surface area (Å²) in [6.45, 7) is -0.207. The second-order valence-electron chi connectivity index (χ2n) is 4.96. The molecule has 2 N–H and O–H groups in total. The number of carbonyl (C=O) groups excluding carboxylic acids is 1. The largest absolute Gasteiger partial charge is 0.405 e. The molecular formula is C14H12ClF4N5O. The first-order valence-corrected chi connectivity index (χ1v) is 7.29. The number of aromatic nitrogens is 3. The Kier molecular flexibility index (Phi) is 5.73. The highest BCUT2D eigenvalue weighted by atomic mass is 35.5. The number of amides is 1. The van der Waals surface area contributed by atoms with Gasteiger partial charge in [0.25, 0.3) is 0 Å². The predicted molar refractivity (Wildman–Crippen MR) is 82.4 cm³/mol. The average molecular weight is 378 g/mol. The third-order valence-corrected chi connectivity index (χ3v) is 3.15. The van der Waals surface area contributed by atoms with Gasteiger partial charge in [-0.25, -0.2) is 19.3 Å². The molecular weight excluding hydrogens is 366 g/mol. The Morgan fingerprint density at radius 2 is 2.08 bits per heavy atom. The van der Waals surface area contributed by atoms with E-state index in [9.17, 15) is 22.4 Å². The zero-order chi connectivity index (χ0) is 18.6. The van der Waals surface area contributed by atoms with E-state index in [1.165, 1.54) is 19.2 Å². The summed E-state index contributed by atoms with van der Waals surface area (Å²) >= 11 is 5.76. The van der Waals surface area contributed by atoms with Crippen LogP contribution < -0.4 is 10.6 Å². The monoisotopic (exact) mass is 377 g/mol. The molecule has 0 unspecified atom stereocenters. The molecule has 0 aromatic carbocycles. The van der Waals surface area contributed by atoms with Crippen LogP contribution in [0.3, 0.4) is 0 Å². The summed E-state index contributed by atoms with van der Waals surface area (Å²) < 4.78 is 50.2. The van der Waals surface area contributed by atoms with Crippen molar-refractivity contribution in [1.29, 1.82) is 0 Å². The first-order chi connectivity index (χ1) is 11.7. The van der Waals surface area contributed by atoms with Gasteiger partial charge in [0.2, 0.25) is 5.91 Å². The topological polar surface area (TPSA) is 79.8 Å². The van der Waals surface area contributed by atoms with Crippen LogP contribution in [-0.2, 0) is 4.79 Å². The Labute approximate surface area is 144 Å². The Morgan fingerprint density at radius 1 is 1.36 bits per heavy atom. The number of anilines is 1. The van der Waals surface area contributed by atoms with E-state index in [-0.39, 0.29) is 16.8 Å². The molecule has 6 nitrogen and oxygen atoms in total. The van der Waals surface area contributed by atoms with E-state index >= 15 is 0 Å². The van der Waals surface area contributed by atoms with Gasteiger partial charge in [0, 0.05) is 11.8 Å². The molecule has 1 amide bonds. The lowest BCUT2D eigenvalue weighted by Crippen LogP contribution is -2.42. The lowest BCUT2D eigenvalue weighted by molar-refractivity contribution is -0.138. The van der Waals surface area contributed by atoms with E-state index in [0.29, 0.717) is 5.56 Å². The molecule has 0 fully saturated rings. The summed E-state index contributed by atoms with van der Waals surface area (Å²) in [6.07, 6.45) is -2.26. The van der Waals surface area contributed by atoms with Crippen molar-refractivity contribution in [3.05, 3.63) is 35.5 Å². The third kappa shape index (κ3) is 5.52. The van der Waals surface area contributed by atoms with Crippen molar-refractivity contribution in [1.82, 2.24) is 20.3 Å². The molecule has 0 saturated carbocycles. The van der Waals surface area contributed by atoms with Crippen LogP contribution in [0.2, 0.25) is 5.15 Å². The summed E-state index contributed by atoms with van der Waals surface area (Å²) in [5.41, 5.74) is 0.456. The Morgan fingerprint density at radius 3 is 2.72 bits per heavy atom. The fraction of sp³-hybridized carbons (Fsp3) is 0.286. The minimum Gasteiger partial charge on any atom is -0.356 e. The highest BCUT2D eigenvalue weighted by Crippen LogP contribution is 2.20. The Hall–Kier alpha value is -2.49. The van der Waals surface area contributed by atoms with Crippen molar-refractivity contribution in [3.63, 3.8) is 0 Å². The molecule has 0 aliphatic rings. The molecule has 0 bridgehead atoms. The van der Waals surface area contributed by atoms with E-state index < -0.39 is 30.5 Å². The number of alkyl halides is 3. The molecule has 2 aromatic heterocycles. The first kappa shape index (κ1) is 18.8.